The van der Waals surface area contributed by atoms with Gasteiger partial charge in [-0.25, -0.2) is 4.39 Å². The lowest BCUT2D eigenvalue weighted by atomic mass is 10.2. The SMILES string of the molecule is O=C(COc1ccc(Cl)c(F)c1)NCCC(O)CNCCOc1ccc(Cl)cc1. The number of carbonyl (C=O) groups is 1. The molecular formula is C20H23Cl2FN2O4. The van der Waals surface area contributed by atoms with Gasteiger partial charge in [0, 0.05) is 30.7 Å². The Morgan fingerprint density at radius 3 is 2.52 bits per heavy atom. The normalized spacial score (nSPS) is 11.7. The van der Waals surface area contributed by atoms with Crippen molar-refractivity contribution in [1.82, 2.24) is 10.6 Å². The third kappa shape index (κ3) is 9.32. The molecule has 0 heterocycles. The molecule has 0 aliphatic rings. The molecule has 2 aromatic rings. The molecule has 1 unspecified atom stereocenters. The Hall–Kier alpha value is -2.06. The minimum atomic E-state index is -0.614. The van der Waals surface area contributed by atoms with Gasteiger partial charge in [-0.2, -0.15) is 0 Å². The molecule has 0 saturated carbocycles. The van der Waals surface area contributed by atoms with Gasteiger partial charge < -0.3 is 25.2 Å². The number of hydrogen-bond acceptors (Lipinski definition) is 5. The van der Waals surface area contributed by atoms with E-state index in [-0.39, 0.29) is 23.3 Å². The van der Waals surface area contributed by atoms with Crippen molar-refractivity contribution in [3.63, 3.8) is 0 Å². The van der Waals surface area contributed by atoms with Crippen LogP contribution in [0.2, 0.25) is 10.0 Å². The van der Waals surface area contributed by atoms with E-state index in [1.54, 1.807) is 24.3 Å². The summed E-state index contributed by atoms with van der Waals surface area (Å²) < 4.78 is 24.0. The van der Waals surface area contributed by atoms with E-state index in [0.29, 0.717) is 37.7 Å². The Balaban J connectivity index is 1.50. The van der Waals surface area contributed by atoms with Crippen LogP contribution in [0.5, 0.6) is 11.5 Å². The minimum absolute atomic E-state index is 0.0130. The van der Waals surface area contributed by atoms with Crippen LogP contribution >= 0.6 is 23.2 Å². The van der Waals surface area contributed by atoms with Gasteiger partial charge in [0.05, 0.1) is 11.1 Å². The average molecular weight is 445 g/mol. The first-order valence-corrected chi connectivity index (χ1v) is 9.81. The number of hydrogen-bond donors (Lipinski definition) is 3. The van der Waals surface area contributed by atoms with Crippen molar-refractivity contribution in [2.24, 2.45) is 0 Å². The molecule has 29 heavy (non-hydrogen) atoms. The molecule has 0 radical (unpaired) electrons. The third-order valence-corrected chi connectivity index (χ3v) is 4.36. The highest BCUT2D eigenvalue weighted by atomic mass is 35.5. The maximum absolute atomic E-state index is 13.3. The number of benzene rings is 2. The van der Waals surface area contributed by atoms with E-state index in [0.717, 1.165) is 11.8 Å². The predicted molar refractivity (Wildman–Crippen MR) is 110 cm³/mol. The molecule has 0 fully saturated rings. The zero-order valence-electron chi connectivity index (χ0n) is 15.7. The van der Waals surface area contributed by atoms with E-state index >= 15 is 0 Å². The number of aliphatic hydroxyl groups is 1. The van der Waals surface area contributed by atoms with Crippen LogP contribution in [0.25, 0.3) is 0 Å². The zero-order chi connectivity index (χ0) is 21.1. The second-order valence-corrected chi connectivity index (χ2v) is 7.01. The van der Waals surface area contributed by atoms with Crippen LogP contribution in [0.4, 0.5) is 4.39 Å². The van der Waals surface area contributed by atoms with Crippen molar-refractivity contribution in [1.29, 1.82) is 0 Å². The van der Waals surface area contributed by atoms with Crippen molar-refractivity contribution in [3.8, 4) is 11.5 Å². The van der Waals surface area contributed by atoms with Crippen molar-refractivity contribution >= 4 is 29.1 Å². The minimum Gasteiger partial charge on any atom is -0.492 e. The fourth-order valence-corrected chi connectivity index (χ4v) is 2.53. The molecule has 9 heteroatoms. The first kappa shape index (κ1) is 23.2. The molecule has 0 aliphatic carbocycles. The average Bonchev–Trinajstić information content (AvgIpc) is 2.70. The van der Waals surface area contributed by atoms with Crippen LogP contribution in [-0.2, 0) is 4.79 Å². The second kappa shape index (κ2) is 12.5. The lowest BCUT2D eigenvalue weighted by Gasteiger charge is -2.13. The predicted octanol–water partition coefficient (Wildman–Crippen LogP) is 3.05. The topological polar surface area (TPSA) is 79.8 Å². The Morgan fingerprint density at radius 1 is 1.07 bits per heavy atom. The standard InChI is InChI=1S/C20H23Cl2FN2O4/c21-14-1-3-16(4-2-14)28-10-9-24-12-15(26)7-8-25-20(27)13-29-17-5-6-18(22)19(23)11-17/h1-6,11,15,24,26H,7-10,12-13H2,(H,25,27). The van der Waals surface area contributed by atoms with Gasteiger partial charge in [0.15, 0.2) is 6.61 Å². The molecule has 158 valence electrons. The number of rotatable bonds is 12. The highest BCUT2D eigenvalue weighted by molar-refractivity contribution is 6.30. The van der Waals surface area contributed by atoms with Gasteiger partial charge in [0.25, 0.3) is 5.91 Å². The number of aliphatic hydroxyl groups excluding tert-OH is 1. The summed E-state index contributed by atoms with van der Waals surface area (Å²) in [7, 11) is 0. The molecule has 2 aromatic carbocycles. The summed E-state index contributed by atoms with van der Waals surface area (Å²) >= 11 is 11.4. The summed E-state index contributed by atoms with van der Waals surface area (Å²) in [6.45, 7) is 1.43. The lowest BCUT2D eigenvalue weighted by molar-refractivity contribution is -0.123. The molecule has 0 saturated heterocycles. The van der Waals surface area contributed by atoms with Crippen LogP contribution in [-0.4, -0.2) is 50.0 Å². The van der Waals surface area contributed by atoms with E-state index in [2.05, 4.69) is 10.6 Å². The summed E-state index contributed by atoms with van der Waals surface area (Å²) in [4.78, 5) is 11.7. The second-order valence-electron chi connectivity index (χ2n) is 6.16. The number of halogens is 3. The quantitative estimate of drug-likeness (QED) is 0.438. The highest BCUT2D eigenvalue weighted by Crippen LogP contribution is 2.20. The van der Waals surface area contributed by atoms with Gasteiger partial charge in [-0.15, -0.1) is 0 Å². The fourth-order valence-electron chi connectivity index (χ4n) is 2.29. The first-order valence-electron chi connectivity index (χ1n) is 9.05. The molecule has 2 rings (SSSR count). The first-order chi connectivity index (χ1) is 13.9. The highest BCUT2D eigenvalue weighted by Gasteiger charge is 2.08. The van der Waals surface area contributed by atoms with E-state index in [1.807, 2.05) is 0 Å². The van der Waals surface area contributed by atoms with Crippen LogP contribution in [0, 0.1) is 5.82 Å². The third-order valence-electron chi connectivity index (χ3n) is 3.80. The van der Waals surface area contributed by atoms with Gasteiger partial charge in [-0.05, 0) is 42.8 Å². The Labute approximate surface area is 178 Å². The molecule has 0 aliphatic heterocycles. The van der Waals surface area contributed by atoms with E-state index < -0.39 is 11.9 Å². The van der Waals surface area contributed by atoms with Crippen molar-refractivity contribution in [3.05, 3.63) is 58.3 Å². The van der Waals surface area contributed by atoms with Crippen LogP contribution in [0.15, 0.2) is 42.5 Å². The Morgan fingerprint density at radius 2 is 1.79 bits per heavy atom. The zero-order valence-corrected chi connectivity index (χ0v) is 17.2. The van der Waals surface area contributed by atoms with Crippen LogP contribution in [0.1, 0.15) is 6.42 Å². The molecule has 0 spiro atoms. The summed E-state index contributed by atoms with van der Waals surface area (Å²) in [5.74, 6) is -0.0363. The molecule has 0 bridgehead atoms. The maximum atomic E-state index is 13.3. The lowest BCUT2D eigenvalue weighted by Crippen LogP contribution is -2.35. The van der Waals surface area contributed by atoms with E-state index in [4.69, 9.17) is 32.7 Å². The van der Waals surface area contributed by atoms with Gasteiger partial charge in [0.1, 0.15) is 23.9 Å². The van der Waals surface area contributed by atoms with Crippen molar-refractivity contribution < 1.29 is 23.8 Å². The summed E-state index contributed by atoms with van der Waals surface area (Å²) in [6.07, 6.45) is -0.232. The Bertz CT molecular complexity index is 778. The fraction of sp³-hybridized carbons (Fsp3) is 0.350. The summed E-state index contributed by atoms with van der Waals surface area (Å²) in [6, 6.07) is 11.0. The maximum Gasteiger partial charge on any atom is 0.257 e. The van der Waals surface area contributed by atoms with Crippen LogP contribution < -0.4 is 20.1 Å². The molecule has 3 N–H and O–H groups in total. The van der Waals surface area contributed by atoms with Crippen molar-refractivity contribution in [2.45, 2.75) is 12.5 Å². The number of amides is 1. The molecule has 0 aromatic heterocycles. The monoisotopic (exact) mass is 444 g/mol. The van der Waals surface area contributed by atoms with Crippen molar-refractivity contribution in [2.75, 3.05) is 32.8 Å². The largest absolute Gasteiger partial charge is 0.492 e. The van der Waals surface area contributed by atoms with Gasteiger partial charge >= 0.3 is 0 Å². The van der Waals surface area contributed by atoms with Gasteiger partial charge in [-0.3, -0.25) is 4.79 Å². The smallest absolute Gasteiger partial charge is 0.257 e. The molecule has 6 nitrogen and oxygen atoms in total. The van der Waals surface area contributed by atoms with Gasteiger partial charge in [-0.1, -0.05) is 23.2 Å². The Kier molecular flexibility index (Phi) is 10.0. The molecular weight excluding hydrogens is 422 g/mol. The summed E-state index contributed by atoms with van der Waals surface area (Å²) in [5, 5.41) is 16.3. The summed E-state index contributed by atoms with van der Waals surface area (Å²) in [5.41, 5.74) is 0. The number of nitrogens with one attached hydrogen (secondary N) is 2. The van der Waals surface area contributed by atoms with Crippen LogP contribution in [0.3, 0.4) is 0 Å². The number of carbonyl (C=O) groups excluding carboxylic acids is 1. The molecule has 1 atom stereocenters. The number of ether oxygens (including phenoxy) is 2. The van der Waals surface area contributed by atoms with E-state index in [9.17, 15) is 14.3 Å². The molecule has 1 amide bonds. The van der Waals surface area contributed by atoms with Gasteiger partial charge in [0.2, 0.25) is 0 Å². The van der Waals surface area contributed by atoms with E-state index in [1.165, 1.54) is 12.1 Å².